The van der Waals surface area contributed by atoms with Crippen molar-refractivity contribution in [3.05, 3.63) is 77.0 Å². The van der Waals surface area contributed by atoms with Gasteiger partial charge in [-0.15, -0.1) is 0 Å². The summed E-state index contributed by atoms with van der Waals surface area (Å²) in [5.74, 6) is 0. The number of pyridine rings is 1. The van der Waals surface area contributed by atoms with Crippen LogP contribution in [-0.4, -0.2) is 10.9 Å². The zero-order chi connectivity index (χ0) is 14.7. The molecule has 0 spiro atoms. The van der Waals surface area contributed by atoms with E-state index in [2.05, 4.69) is 33.2 Å². The fraction of sp³-hybridized carbons (Fsp3) is 0.0588. The molecule has 0 radical (unpaired) electrons. The molecule has 0 atom stereocenters. The molecule has 0 saturated carbocycles. The topological polar surface area (TPSA) is 36.5 Å². The van der Waals surface area contributed by atoms with Crippen molar-refractivity contribution in [2.24, 2.45) is 5.16 Å². The minimum absolute atomic E-state index is 0.508. The van der Waals surface area contributed by atoms with Crippen LogP contribution >= 0.6 is 15.9 Å². The minimum atomic E-state index is 0.508. The van der Waals surface area contributed by atoms with Crippen LogP contribution in [0.2, 0.25) is 0 Å². The molecule has 3 nitrogen and oxygen atoms in total. The van der Waals surface area contributed by atoms with E-state index >= 15 is 0 Å². The fourth-order valence-electron chi connectivity index (χ4n) is 2.31. The van der Waals surface area contributed by atoms with Crippen molar-refractivity contribution in [3.8, 4) is 0 Å². The van der Waals surface area contributed by atoms with E-state index < -0.39 is 0 Å². The highest BCUT2D eigenvalue weighted by molar-refractivity contribution is 9.10. The van der Waals surface area contributed by atoms with Crippen molar-refractivity contribution in [1.29, 1.82) is 0 Å². The van der Waals surface area contributed by atoms with Crippen LogP contribution in [-0.2, 0) is 6.54 Å². The van der Waals surface area contributed by atoms with Gasteiger partial charge >= 0.3 is 0 Å². The molecule has 0 fully saturated rings. The predicted octanol–water partition coefficient (Wildman–Crippen LogP) is 3.77. The van der Waals surface area contributed by atoms with Gasteiger partial charge in [-0.1, -0.05) is 41.6 Å². The van der Waals surface area contributed by atoms with Crippen LogP contribution in [0.5, 0.6) is 0 Å². The first-order valence-electron chi connectivity index (χ1n) is 6.61. The van der Waals surface area contributed by atoms with E-state index in [9.17, 15) is 5.21 Å². The Kier molecular flexibility index (Phi) is 3.97. The SMILES string of the molecule is O/N=C(/C[n+]1cccc(Br)c1)c1ccc2ccccc2c1. The van der Waals surface area contributed by atoms with E-state index in [1.165, 1.54) is 5.39 Å². The van der Waals surface area contributed by atoms with E-state index in [1.807, 2.05) is 59.4 Å². The Morgan fingerprint density at radius 1 is 1.05 bits per heavy atom. The van der Waals surface area contributed by atoms with Crippen molar-refractivity contribution in [2.45, 2.75) is 6.54 Å². The second kappa shape index (κ2) is 6.06. The summed E-state index contributed by atoms with van der Waals surface area (Å²) in [6.07, 6.45) is 3.89. The molecule has 0 unspecified atom stereocenters. The van der Waals surface area contributed by atoms with Gasteiger partial charge in [0.1, 0.15) is 0 Å². The Hall–Kier alpha value is -2.20. The van der Waals surface area contributed by atoms with Crippen LogP contribution in [0.4, 0.5) is 0 Å². The second-order valence-electron chi connectivity index (χ2n) is 4.80. The van der Waals surface area contributed by atoms with Gasteiger partial charge in [0.05, 0.1) is 4.47 Å². The van der Waals surface area contributed by atoms with Crippen molar-refractivity contribution in [3.63, 3.8) is 0 Å². The molecule has 3 rings (SSSR count). The molecule has 0 aliphatic rings. The summed E-state index contributed by atoms with van der Waals surface area (Å²) in [7, 11) is 0. The molecular weight excluding hydrogens is 328 g/mol. The lowest BCUT2D eigenvalue weighted by Gasteiger charge is -2.04. The zero-order valence-corrected chi connectivity index (χ0v) is 12.9. The largest absolute Gasteiger partial charge is 0.410 e. The lowest BCUT2D eigenvalue weighted by Crippen LogP contribution is -2.37. The predicted molar refractivity (Wildman–Crippen MR) is 86.6 cm³/mol. The number of fused-ring (bicyclic) bond motifs is 1. The molecular formula is C17H14BrN2O+. The maximum Gasteiger partial charge on any atom is 0.194 e. The average molecular weight is 342 g/mol. The summed E-state index contributed by atoms with van der Waals surface area (Å²) >= 11 is 3.44. The van der Waals surface area contributed by atoms with Gasteiger partial charge in [-0.05, 0) is 38.8 Å². The van der Waals surface area contributed by atoms with Gasteiger partial charge in [0.15, 0.2) is 24.7 Å². The molecule has 1 aromatic heterocycles. The summed E-state index contributed by atoms with van der Waals surface area (Å²) in [6.45, 7) is 0.508. The Balaban J connectivity index is 1.95. The van der Waals surface area contributed by atoms with Crippen molar-refractivity contribution >= 4 is 32.4 Å². The molecule has 104 valence electrons. The van der Waals surface area contributed by atoms with E-state index in [4.69, 9.17) is 0 Å². The minimum Gasteiger partial charge on any atom is -0.410 e. The van der Waals surface area contributed by atoms with E-state index in [1.54, 1.807) is 0 Å². The summed E-state index contributed by atoms with van der Waals surface area (Å²) in [6, 6.07) is 18.1. The number of hydrogen-bond donors (Lipinski definition) is 1. The van der Waals surface area contributed by atoms with Gasteiger partial charge in [-0.2, -0.15) is 4.57 Å². The van der Waals surface area contributed by atoms with Crippen molar-refractivity contribution < 1.29 is 9.77 Å². The highest BCUT2D eigenvalue weighted by Crippen LogP contribution is 2.16. The quantitative estimate of drug-likeness (QED) is 0.335. The summed E-state index contributed by atoms with van der Waals surface area (Å²) in [5.41, 5.74) is 1.55. The van der Waals surface area contributed by atoms with Gasteiger partial charge in [-0.3, -0.25) is 0 Å². The molecule has 3 aromatic rings. The number of rotatable bonds is 3. The van der Waals surface area contributed by atoms with E-state index in [0.717, 1.165) is 15.4 Å². The van der Waals surface area contributed by atoms with Crippen LogP contribution in [0.15, 0.2) is 76.6 Å². The zero-order valence-electron chi connectivity index (χ0n) is 11.3. The highest BCUT2D eigenvalue weighted by atomic mass is 79.9. The molecule has 1 heterocycles. The number of nitrogens with zero attached hydrogens (tertiary/aromatic N) is 2. The Morgan fingerprint density at radius 2 is 1.86 bits per heavy atom. The van der Waals surface area contributed by atoms with Crippen LogP contribution in [0.3, 0.4) is 0 Å². The number of aromatic nitrogens is 1. The molecule has 4 heteroatoms. The number of hydrogen-bond acceptors (Lipinski definition) is 2. The van der Waals surface area contributed by atoms with Crippen LogP contribution in [0.1, 0.15) is 5.56 Å². The first-order chi connectivity index (χ1) is 10.3. The van der Waals surface area contributed by atoms with Gasteiger partial charge < -0.3 is 5.21 Å². The number of benzene rings is 2. The summed E-state index contributed by atoms with van der Waals surface area (Å²) in [4.78, 5) is 0. The van der Waals surface area contributed by atoms with Crippen LogP contribution < -0.4 is 4.57 Å². The molecule has 1 N–H and O–H groups in total. The molecule has 0 amide bonds. The Morgan fingerprint density at radius 3 is 2.62 bits per heavy atom. The van der Waals surface area contributed by atoms with Crippen LogP contribution in [0, 0.1) is 0 Å². The van der Waals surface area contributed by atoms with Gasteiger partial charge in [-0.25, -0.2) is 0 Å². The first kappa shape index (κ1) is 13.8. The second-order valence-corrected chi connectivity index (χ2v) is 5.72. The molecule has 0 aliphatic carbocycles. The third-order valence-corrected chi connectivity index (χ3v) is 3.83. The van der Waals surface area contributed by atoms with Gasteiger partial charge in [0, 0.05) is 11.6 Å². The van der Waals surface area contributed by atoms with Crippen LogP contribution in [0.25, 0.3) is 10.8 Å². The first-order valence-corrected chi connectivity index (χ1v) is 7.40. The molecule has 21 heavy (non-hydrogen) atoms. The van der Waals surface area contributed by atoms with E-state index in [0.29, 0.717) is 12.3 Å². The molecule has 0 saturated heterocycles. The number of oxime groups is 1. The average Bonchev–Trinajstić information content (AvgIpc) is 2.52. The molecule has 2 aromatic carbocycles. The van der Waals surface area contributed by atoms with Crippen molar-refractivity contribution in [1.82, 2.24) is 0 Å². The standard InChI is InChI=1S/C17H13BrN2O/c18-16-6-3-9-20(11-16)12-17(19-21)15-8-7-13-4-1-2-5-14(13)10-15/h1-11H,12H2/p+1/b19-17-. The molecule has 0 bridgehead atoms. The van der Waals surface area contributed by atoms with Gasteiger partial charge in [0.25, 0.3) is 0 Å². The number of halogens is 1. The third-order valence-electron chi connectivity index (χ3n) is 3.36. The maximum atomic E-state index is 9.35. The smallest absolute Gasteiger partial charge is 0.194 e. The van der Waals surface area contributed by atoms with Gasteiger partial charge in [0.2, 0.25) is 0 Å². The fourth-order valence-corrected chi connectivity index (χ4v) is 2.73. The maximum absolute atomic E-state index is 9.35. The lowest BCUT2D eigenvalue weighted by molar-refractivity contribution is -0.682. The van der Waals surface area contributed by atoms with E-state index in [-0.39, 0.29) is 0 Å². The third kappa shape index (κ3) is 3.11. The molecule has 0 aliphatic heterocycles. The Labute approximate surface area is 131 Å². The lowest BCUT2D eigenvalue weighted by atomic mass is 10.0. The summed E-state index contributed by atoms with van der Waals surface area (Å²) < 4.78 is 2.95. The monoisotopic (exact) mass is 341 g/mol. The Bertz CT molecular complexity index is 815. The summed E-state index contributed by atoms with van der Waals surface area (Å²) in [5, 5.41) is 15.1. The van der Waals surface area contributed by atoms with Crippen molar-refractivity contribution in [2.75, 3.05) is 0 Å². The highest BCUT2D eigenvalue weighted by Gasteiger charge is 2.12. The normalized spacial score (nSPS) is 11.8.